The van der Waals surface area contributed by atoms with Crippen LogP contribution in [0.5, 0.6) is 0 Å². The third kappa shape index (κ3) is 5.60. The molecule has 0 N–H and O–H groups in total. The number of nitrogens with zero attached hydrogens (tertiary/aromatic N) is 1. The lowest BCUT2D eigenvalue weighted by atomic mass is 10.3. The molecule has 1 unspecified atom stereocenters. The molecule has 0 aliphatic heterocycles. The van der Waals surface area contributed by atoms with Crippen LogP contribution in [0.4, 0.5) is 0 Å². The molecule has 59 valence electrons. The van der Waals surface area contributed by atoms with E-state index in [2.05, 4.69) is 19.0 Å². The summed E-state index contributed by atoms with van der Waals surface area (Å²) in [4.78, 5) is 5.03. The van der Waals surface area contributed by atoms with Crippen molar-refractivity contribution in [2.75, 3.05) is 0 Å². The van der Waals surface area contributed by atoms with Crippen LogP contribution in [-0.4, -0.2) is 12.3 Å². The second kappa shape index (κ2) is 6.59. The summed E-state index contributed by atoms with van der Waals surface area (Å²) in [7, 11) is 0. The van der Waals surface area contributed by atoms with Crippen LogP contribution in [0.1, 0.15) is 33.1 Å². The van der Waals surface area contributed by atoms with Crippen molar-refractivity contribution in [3.63, 3.8) is 0 Å². The molecule has 0 saturated carbocycles. The Balaban J connectivity index is 3.16. The monoisotopic (exact) mass is 142 g/mol. The Morgan fingerprint density at radius 1 is 1.70 bits per heavy atom. The van der Waals surface area contributed by atoms with Gasteiger partial charge in [-0.1, -0.05) is 19.0 Å². The van der Waals surface area contributed by atoms with Crippen molar-refractivity contribution < 1.29 is 4.84 Å². The molecule has 0 aromatic heterocycles. The van der Waals surface area contributed by atoms with Crippen molar-refractivity contribution in [3.05, 3.63) is 6.92 Å². The first kappa shape index (κ1) is 9.47. The molecule has 0 saturated heterocycles. The highest BCUT2D eigenvalue weighted by Crippen LogP contribution is 1.95. The second-order valence-electron chi connectivity index (χ2n) is 2.25. The molecule has 2 heteroatoms. The van der Waals surface area contributed by atoms with Gasteiger partial charge in [-0.05, 0) is 26.2 Å². The van der Waals surface area contributed by atoms with Crippen LogP contribution in [-0.2, 0) is 4.84 Å². The number of hydrogen-bond acceptors (Lipinski definition) is 2. The number of oxime groups is 1. The van der Waals surface area contributed by atoms with Crippen molar-refractivity contribution >= 4 is 6.21 Å². The molecule has 2 nitrogen and oxygen atoms in total. The summed E-state index contributed by atoms with van der Waals surface area (Å²) in [5.74, 6) is 0. The largest absolute Gasteiger partial charge is 0.393 e. The number of hydrogen-bond donors (Lipinski definition) is 0. The Bertz CT molecular complexity index is 91.3. The summed E-state index contributed by atoms with van der Waals surface area (Å²) in [5.41, 5.74) is 0. The van der Waals surface area contributed by atoms with Gasteiger partial charge in [-0.15, -0.1) is 0 Å². The minimum Gasteiger partial charge on any atom is -0.393 e. The van der Waals surface area contributed by atoms with E-state index in [-0.39, 0.29) is 6.10 Å². The number of unbranched alkanes of at least 4 members (excludes halogenated alkanes) is 1. The topological polar surface area (TPSA) is 21.6 Å². The van der Waals surface area contributed by atoms with Crippen LogP contribution in [0.15, 0.2) is 5.16 Å². The third-order valence-corrected chi connectivity index (χ3v) is 1.22. The van der Waals surface area contributed by atoms with Gasteiger partial charge >= 0.3 is 0 Å². The van der Waals surface area contributed by atoms with Gasteiger partial charge in [-0.2, -0.15) is 0 Å². The smallest absolute Gasteiger partial charge is 0.124 e. The average Bonchev–Trinajstić information content (AvgIpc) is 1.98. The van der Waals surface area contributed by atoms with E-state index in [1.54, 1.807) is 6.21 Å². The van der Waals surface area contributed by atoms with Crippen LogP contribution >= 0.6 is 0 Å². The fraction of sp³-hybridized carbons (Fsp3) is 0.750. The highest BCUT2D eigenvalue weighted by atomic mass is 16.6. The quantitative estimate of drug-likeness (QED) is 0.426. The molecule has 0 aliphatic rings. The third-order valence-electron chi connectivity index (χ3n) is 1.22. The van der Waals surface area contributed by atoms with E-state index in [0.29, 0.717) is 0 Å². The fourth-order valence-corrected chi connectivity index (χ4v) is 0.365. The first-order valence-electron chi connectivity index (χ1n) is 3.78. The maximum absolute atomic E-state index is 5.03. The van der Waals surface area contributed by atoms with Crippen molar-refractivity contribution in [1.82, 2.24) is 0 Å². The van der Waals surface area contributed by atoms with Crippen LogP contribution < -0.4 is 0 Å². The van der Waals surface area contributed by atoms with Gasteiger partial charge in [-0.25, -0.2) is 0 Å². The lowest BCUT2D eigenvalue weighted by Crippen LogP contribution is -2.00. The first-order chi connectivity index (χ1) is 4.81. The Labute approximate surface area is 63.3 Å². The van der Waals surface area contributed by atoms with Crippen molar-refractivity contribution in [2.45, 2.75) is 39.2 Å². The fourth-order valence-electron chi connectivity index (χ4n) is 0.365. The summed E-state index contributed by atoms with van der Waals surface area (Å²) in [6, 6.07) is 0. The summed E-state index contributed by atoms with van der Waals surface area (Å²) in [6.07, 6.45) is 4.78. The zero-order chi connectivity index (χ0) is 7.82. The van der Waals surface area contributed by atoms with Gasteiger partial charge in [0.05, 0.1) is 0 Å². The molecule has 10 heavy (non-hydrogen) atoms. The summed E-state index contributed by atoms with van der Waals surface area (Å²) in [5, 5.41) is 3.77. The molecule has 0 spiro atoms. The van der Waals surface area contributed by atoms with Crippen LogP contribution in [0, 0.1) is 6.92 Å². The molecule has 1 radical (unpaired) electrons. The van der Waals surface area contributed by atoms with Crippen LogP contribution in [0.3, 0.4) is 0 Å². The normalized spacial score (nSPS) is 13.9. The zero-order valence-electron chi connectivity index (χ0n) is 6.84. The van der Waals surface area contributed by atoms with E-state index >= 15 is 0 Å². The van der Waals surface area contributed by atoms with E-state index in [9.17, 15) is 0 Å². The molecule has 0 fully saturated rings. The van der Waals surface area contributed by atoms with Crippen LogP contribution in [0.25, 0.3) is 0 Å². The summed E-state index contributed by atoms with van der Waals surface area (Å²) in [6.45, 7) is 7.75. The zero-order valence-corrected chi connectivity index (χ0v) is 6.84. The Morgan fingerprint density at radius 2 is 2.40 bits per heavy atom. The maximum atomic E-state index is 5.03. The average molecular weight is 142 g/mol. The molecular weight excluding hydrogens is 126 g/mol. The first-order valence-corrected chi connectivity index (χ1v) is 3.78. The molecule has 0 aliphatic carbocycles. The predicted molar refractivity (Wildman–Crippen MR) is 43.9 cm³/mol. The minimum absolute atomic E-state index is 0.237. The maximum Gasteiger partial charge on any atom is 0.124 e. The van der Waals surface area contributed by atoms with E-state index in [4.69, 9.17) is 4.84 Å². The second-order valence-corrected chi connectivity index (χ2v) is 2.25. The lowest BCUT2D eigenvalue weighted by molar-refractivity contribution is 0.0707. The Morgan fingerprint density at radius 3 is 2.90 bits per heavy atom. The lowest BCUT2D eigenvalue weighted by Gasteiger charge is -2.03. The van der Waals surface area contributed by atoms with E-state index in [1.165, 1.54) is 0 Å². The molecule has 0 heterocycles. The van der Waals surface area contributed by atoms with E-state index in [0.717, 1.165) is 19.3 Å². The van der Waals surface area contributed by atoms with Crippen molar-refractivity contribution in [2.24, 2.45) is 5.16 Å². The van der Waals surface area contributed by atoms with Gasteiger partial charge in [0.15, 0.2) is 0 Å². The molecule has 0 aromatic carbocycles. The standard InChI is InChI=1S/C8H16NO/c1-4-6-7-9-10-8(3)5-2/h7-8H,1,4-6H2,2-3H3/b9-7+. The molecule has 0 amide bonds. The number of rotatable bonds is 5. The van der Waals surface area contributed by atoms with Crippen molar-refractivity contribution in [3.8, 4) is 0 Å². The Kier molecular flexibility index (Phi) is 6.24. The molecule has 0 aromatic rings. The predicted octanol–water partition coefficient (Wildman–Crippen LogP) is 2.40. The van der Waals surface area contributed by atoms with E-state index < -0.39 is 0 Å². The van der Waals surface area contributed by atoms with Gasteiger partial charge in [0, 0.05) is 6.21 Å². The highest BCUT2D eigenvalue weighted by Gasteiger charge is 1.93. The molecular formula is C8H16NO. The van der Waals surface area contributed by atoms with E-state index in [1.807, 2.05) is 6.92 Å². The highest BCUT2D eigenvalue weighted by molar-refractivity contribution is 5.56. The minimum atomic E-state index is 0.237. The van der Waals surface area contributed by atoms with Gasteiger partial charge < -0.3 is 4.84 Å². The van der Waals surface area contributed by atoms with Gasteiger partial charge in [0.1, 0.15) is 6.10 Å². The SMILES string of the molecule is [CH2]CC/C=N/OC(C)CC. The van der Waals surface area contributed by atoms with Crippen molar-refractivity contribution in [1.29, 1.82) is 0 Å². The van der Waals surface area contributed by atoms with Gasteiger partial charge in [0.25, 0.3) is 0 Å². The van der Waals surface area contributed by atoms with Gasteiger partial charge in [-0.3, -0.25) is 0 Å². The van der Waals surface area contributed by atoms with Gasteiger partial charge in [0.2, 0.25) is 0 Å². The van der Waals surface area contributed by atoms with Crippen LogP contribution in [0.2, 0.25) is 0 Å². The summed E-state index contributed by atoms with van der Waals surface area (Å²) < 4.78 is 0. The molecule has 1 atom stereocenters. The summed E-state index contributed by atoms with van der Waals surface area (Å²) >= 11 is 0. The molecule has 0 rings (SSSR count). The molecule has 0 bridgehead atoms. The Hall–Kier alpha value is -0.530.